The largest absolute Gasteiger partial charge is 0.468 e. The third kappa shape index (κ3) is 5.55. The number of hydrogen-bond acceptors (Lipinski definition) is 5. The number of nitrogens with zero attached hydrogens (tertiary/aromatic N) is 1. The summed E-state index contributed by atoms with van der Waals surface area (Å²) in [6.07, 6.45) is 3.17. The Morgan fingerprint density at radius 1 is 1.03 bits per heavy atom. The van der Waals surface area contributed by atoms with Gasteiger partial charge in [0.15, 0.2) is 0 Å². The topological polar surface area (TPSA) is 55.8 Å². The van der Waals surface area contributed by atoms with Crippen LogP contribution >= 0.6 is 0 Å². The van der Waals surface area contributed by atoms with Crippen molar-refractivity contribution in [1.29, 1.82) is 0 Å². The fourth-order valence-electron chi connectivity index (χ4n) is 3.82. The van der Waals surface area contributed by atoms with Crippen molar-refractivity contribution in [3.63, 3.8) is 0 Å². The van der Waals surface area contributed by atoms with Gasteiger partial charge in [-0.3, -0.25) is 14.5 Å². The molecule has 5 nitrogen and oxygen atoms in total. The first-order chi connectivity index (χ1) is 14.1. The molecule has 1 aliphatic heterocycles. The van der Waals surface area contributed by atoms with Crippen LogP contribution in [-0.2, 0) is 19.1 Å². The van der Waals surface area contributed by atoms with Gasteiger partial charge in [0.2, 0.25) is 0 Å². The number of esters is 2. The van der Waals surface area contributed by atoms with E-state index in [4.69, 9.17) is 9.47 Å². The summed E-state index contributed by atoms with van der Waals surface area (Å²) in [5.74, 6) is -0.606. The maximum Gasteiger partial charge on any atom is 0.323 e. The minimum atomic E-state index is -0.380. The van der Waals surface area contributed by atoms with Gasteiger partial charge in [0, 0.05) is 26.4 Å². The highest BCUT2D eigenvalue weighted by Crippen LogP contribution is 2.25. The molecule has 1 saturated heterocycles. The van der Waals surface area contributed by atoms with E-state index >= 15 is 0 Å². The lowest BCUT2D eigenvalue weighted by Crippen LogP contribution is -2.37. The summed E-state index contributed by atoms with van der Waals surface area (Å²) in [7, 11) is 1.39. The summed E-state index contributed by atoms with van der Waals surface area (Å²) in [5.41, 5.74) is 3.47. The van der Waals surface area contributed by atoms with Gasteiger partial charge in [0.05, 0.1) is 7.11 Å². The lowest BCUT2D eigenvalue weighted by molar-refractivity contribution is -0.148. The Morgan fingerprint density at radius 2 is 1.62 bits per heavy atom. The van der Waals surface area contributed by atoms with E-state index < -0.39 is 0 Å². The molecule has 2 aromatic rings. The van der Waals surface area contributed by atoms with Gasteiger partial charge in [-0.25, -0.2) is 0 Å². The van der Waals surface area contributed by atoms with E-state index in [2.05, 4.69) is 30.3 Å². The van der Waals surface area contributed by atoms with Gasteiger partial charge >= 0.3 is 11.9 Å². The molecule has 0 unspecified atom stereocenters. The normalized spacial score (nSPS) is 18.8. The van der Waals surface area contributed by atoms with Gasteiger partial charge in [-0.2, -0.15) is 0 Å². The Hall–Kier alpha value is -2.92. The molecule has 0 spiro atoms. The summed E-state index contributed by atoms with van der Waals surface area (Å²) in [4.78, 5) is 25.5. The molecule has 1 aliphatic rings. The monoisotopic (exact) mass is 393 g/mol. The van der Waals surface area contributed by atoms with Crippen LogP contribution in [0.5, 0.6) is 0 Å². The van der Waals surface area contributed by atoms with Crippen molar-refractivity contribution in [2.75, 3.05) is 20.2 Å². The van der Waals surface area contributed by atoms with Gasteiger partial charge in [0.1, 0.15) is 12.1 Å². The molecule has 152 valence electrons. The lowest BCUT2D eigenvalue weighted by atomic mass is 9.97. The van der Waals surface area contributed by atoms with E-state index in [0.29, 0.717) is 19.5 Å². The minimum Gasteiger partial charge on any atom is -0.468 e. The molecule has 0 bridgehead atoms. The van der Waals surface area contributed by atoms with Crippen molar-refractivity contribution in [3.05, 3.63) is 77.9 Å². The Balaban J connectivity index is 1.75. The van der Waals surface area contributed by atoms with Crippen LogP contribution in [0.3, 0.4) is 0 Å². The van der Waals surface area contributed by atoms with Crippen molar-refractivity contribution in [2.24, 2.45) is 0 Å². The number of hydrogen-bond donors (Lipinski definition) is 0. The molecule has 0 amide bonds. The number of rotatable bonds is 7. The first-order valence-electron chi connectivity index (χ1n) is 9.88. The predicted octanol–water partition coefficient (Wildman–Crippen LogP) is 3.69. The fraction of sp³-hybridized carbons (Fsp3) is 0.333. The molecule has 29 heavy (non-hydrogen) atoms. The smallest absolute Gasteiger partial charge is 0.323 e. The summed E-state index contributed by atoms with van der Waals surface area (Å²) in [6, 6.07) is 20.2. The number of likely N-dealkylation sites (tertiary alicyclic amines) is 1. The molecule has 1 fully saturated rings. The van der Waals surface area contributed by atoms with Crippen molar-refractivity contribution in [2.45, 2.75) is 31.9 Å². The Morgan fingerprint density at radius 3 is 2.14 bits per heavy atom. The van der Waals surface area contributed by atoms with E-state index in [-0.39, 0.29) is 24.1 Å². The lowest BCUT2D eigenvalue weighted by Gasteiger charge is -2.21. The molecular weight excluding hydrogens is 366 g/mol. The summed E-state index contributed by atoms with van der Waals surface area (Å²) in [6.45, 7) is 2.62. The second-order valence-electron chi connectivity index (χ2n) is 7.14. The molecule has 2 aromatic carbocycles. The van der Waals surface area contributed by atoms with E-state index in [1.807, 2.05) is 41.3 Å². The molecule has 0 radical (unpaired) electrons. The Bertz CT molecular complexity index is 806. The molecular formula is C24H27NO4. The quantitative estimate of drug-likeness (QED) is 0.672. The van der Waals surface area contributed by atoms with E-state index in [1.165, 1.54) is 14.0 Å². The van der Waals surface area contributed by atoms with Crippen molar-refractivity contribution < 1.29 is 19.1 Å². The zero-order chi connectivity index (χ0) is 20.6. The van der Waals surface area contributed by atoms with Crippen molar-refractivity contribution in [1.82, 2.24) is 4.90 Å². The van der Waals surface area contributed by atoms with Crippen LogP contribution < -0.4 is 0 Å². The van der Waals surface area contributed by atoms with Crippen molar-refractivity contribution >= 4 is 17.5 Å². The van der Waals surface area contributed by atoms with E-state index in [0.717, 1.165) is 23.1 Å². The number of methoxy groups -OCH3 is 1. The Kier molecular flexibility index (Phi) is 7.19. The predicted molar refractivity (Wildman–Crippen MR) is 112 cm³/mol. The van der Waals surface area contributed by atoms with Gasteiger partial charge in [-0.1, -0.05) is 66.7 Å². The van der Waals surface area contributed by atoms with E-state index in [9.17, 15) is 9.59 Å². The van der Waals surface area contributed by atoms with Crippen molar-refractivity contribution in [3.8, 4) is 0 Å². The molecule has 0 aromatic heterocycles. The van der Waals surface area contributed by atoms with E-state index in [1.54, 1.807) is 0 Å². The number of carbonyl (C=O) groups is 2. The minimum absolute atomic E-state index is 0.275. The molecule has 5 heteroatoms. The molecule has 2 atom stereocenters. The summed E-state index contributed by atoms with van der Waals surface area (Å²) < 4.78 is 10.3. The van der Waals surface area contributed by atoms with Crippen LogP contribution in [0.15, 0.2) is 66.7 Å². The molecule has 0 aliphatic carbocycles. The van der Waals surface area contributed by atoms with Crippen LogP contribution in [0.4, 0.5) is 0 Å². The van der Waals surface area contributed by atoms with Crippen LogP contribution in [0, 0.1) is 0 Å². The number of carbonyl (C=O) groups excluding carboxylic acids is 2. The zero-order valence-corrected chi connectivity index (χ0v) is 16.9. The third-order valence-corrected chi connectivity index (χ3v) is 5.11. The first-order valence-corrected chi connectivity index (χ1v) is 9.88. The molecule has 0 saturated carbocycles. The highest BCUT2D eigenvalue weighted by molar-refractivity contribution is 5.79. The second-order valence-corrected chi connectivity index (χ2v) is 7.14. The average molecular weight is 393 g/mol. The maximum absolute atomic E-state index is 12.2. The van der Waals surface area contributed by atoms with Gasteiger partial charge in [-0.15, -0.1) is 0 Å². The highest BCUT2D eigenvalue weighted by atomic mass is 16.5. The number of ether oxygens (including phenoxy) is 2. The molecule has 3 rings (SSSR count). The highest BCUT2D eigenvalue weighted by Gasteiger charge is 2.38. The van der Waals surface area contributed by atoms with Crippen LogP contribution in [0.1, 0.15) is 30.9 Å². The Labute approximate surface area is 171 Å². The number of benzene rings is 2. The molecule has 0 N–H and O–H groups in total. The fourth-order valence-corrected chi connectivity index (χ4v) is 3.82. The standard InChI is InChI=1S/C24H27NO4/c1-18(26)29-21-16-23(24(27)28-2)25(17-21)15-9-14-22(19-10-5-3-6-11-19)20-12-7-4-8-13-20/h3-8,10-14,21,23H,9,15-17H2,1-2H3/t21-,23+/m0/s1. The average Bonchev–Trinajstić information content (AvgIpc) is 3.13. The van der Waals surface area contributed by atoms with Gasteiger partial charge < -0.3 is 9.47 Å². The van der Waals surface area contributed by atoms with Crippen LogP contribution in [-0.4, -0.2) is 49.2 Å². The zero-order valence-electron chi connectivity index (χ0n) is 16.9. The van der Waals surface area contributed by atoms with Crippen LogP contribution in [0.25, 0.3) is 5.57 Å². The third-order valence-electron chi connectivity index (χ3n) is 5.11. The first kappa shape index (κ1) is 20.8. The summed E-state index contributed by atoms with van der Waals surface area (Å²) >= 11 is 0. The molecule has 1 heterocycles. The SMILES string of the molecule is COC(=O)[C@H]1C[C@H](OC(C)=O)CN1CCC=C(c1ccccc1)c1ccccc1. The second kappa shape index (κ2) is 10.0. The van der Waals surface area contributed by atoms with Gasteiger partial charge in [0.25, 0.3) is 0 Å². The van der Waals surface area contributed by atoms with Crippen LogP contribution in [0.2, 0.25) is 0 Å². The summed E-state index contributed by atoms with van der Waals surface area (Å²) in [5, 5.41) is 0. The van der Waals surface area contributed by atoms with Gasteiger partial charge in [-0.05, 0) is 23.1 Å². The maximum atomic E-state index is 12.2.